The standard InChI is InChI=1S/C29H48O3/c1-18(2)8-7-9-19(3)24-12-13-26-23-16-27(32-20(4)30)29(6)17-21(31)10-11-25(29)22(23)14-15-28(24,26)5/h18-19,21,23-24,26-27,31H,7-17H2,1-6H3/t19-,21+,23-,24+,26-,27-,28-,29+/m1/s1. The van der Waals surface area contributed by atoms with E-state index < -0.39 is 0 Å². The van der Waals surface area contributed by atoms with Crippen LogP contribution in [0.3, 0.4) is 0 Å². The van der Waals surface area contributed by atoms with Gasteiger partial charge in [0.05, 0.1) is 6.10 Å². The summed E-state index contributed by atoms with van der Waals surface area (Å²) in [6, 6.07) is 0. The van der Waals surface area contributed by atoms with Gasteiger partial charge in [0.15, 0.2) is 0 Å². The summed E-state index contributed by atoms with van der Waals surface area (Å²) in [7, 11) is 0. The predicted molar refractivity (Wildman–Crippen MR) is 130 cm³/mol. The molecule has 0 aromatic rings. The van der Waals surface area contributed by atoms with Gasteiger partial charge in [-0.25, -0.2) is 0 Å². The molecule has 0 radical (unpaired) electrons. The van der Waals surface area contributed by atoms with Crippen molar-refractivity contribution in [2.45, 2.75) is 124 Å². The van der Waals surface area contributed by atoms with E-state index in [0.29, 0.717) is 11.3 Å². The number of allylic oxidation sites excluding steroid dienone is 1. The first-order chi connectivity index (χ1) is 15.1. The Bertz CT molecular complexity index is 739. The third-order valence-corrected chi connectivity index (χ3v) is 10.4. The average Bonchev–Trinajstić information content (AvgIpc) is 3.05. The second-order valence-corrected chi connectivity index (χ2v) is 12.9. The van der Waals surface area contributed by atoms with Crippen molar-refractivity contribution in [1.82, 2.24) is 0 Å². The molecule has 8 atom stereocenters. The molecule has 0 aromatic carbocycles. The average molecular weight is 445 g/mol. The van der Waals surface area contributed by atoms with Crippen LogP contribution < -0.4 is 0 Å². The fraction of sp³-hybridized carbons (Fsp3) is 0.897. The molecule has 0 aromatic heterocycles. The van der Waals surface area contributed by atoms with Gasteiger partial charge in [-0.05, 0) is 86.4 Å². The Morgan fingerprint density at radius 2 is 1.88 bits per heavy atom. The molecule has 182 valence electrons. The van der Waals surface area contributed by atoms with Crippen molar-refractivity contribution in [2.75, 3.05) is 0 Å². The minimum Gasteiger partial charge on any atom is -0.462 e. The van der Waals surface area contributed by atoms with Gasteiger partial charge in [0.2, 0.25) is 0 Å². The van der Waals surface area contributed by atoms with Gasteiger partial charge < -0.3 is 9.84 Å². The Balaban J connectivity index is 1.59. The van der Waals surface area contributed by atoms with Crippen molar-refractivity contribution < 1.29 is 14.6 Å². The number of carbonyl (C=O) groups excluding carboxylic acids is 1. The minimum absolute atomic E-state index is 0.0800. The molecule has 3 nitrogen and oxygen atoms in total. The maximum absolute atomic E-state index is 12.0. The van der Waals surface area contributed by atoms with Gasteiger partial charge in [-0.1, -0.05) is 65.0 Å². The number of ether oxygens (including phenoxy) is 1. The van der Waals surface area contributed by atoms with E-state index in [-0.39, 0.29) is 23.6 Å². The Morgan fingerprint density at radius 1 is 1.12 bits per heavy atom. The molecule has 3 heteroatoms. The molecule has 0 spiro atoms. The summed E-state index contributed by atoms with van der Waals surface area (Å²) in [6.45, 7) is 13.6. The largest absolute Gasteiger partial charge is 0.462 e. The zero-order valence-electron chi connectivity index (χ0n) is 21.6. The second-order valence-electron chi connectivity index (χ2n) is 12.9. The van der Waals surface area contributed by atoms with Crippen LogP contribution in [-0.4, -0.2) is 23.3 Å². The molecule has 1 N–H and O–H groups in total. The summed E-state index contributed by atoms with van der Waals surface area (Å²) in [4.78, 5) is 12.0. The molecule has 32 heavy (non-hydrogen) atoms. The first-order valence-electron chi connectivity index (χ1n) is 13.6. The van der Waals surface area contributed by atoms with Gasteiger partial charge in [-0.15, -0.1) is 0 Å². The van der Waals surface area contributed by atoms with Crippen LogP contribution in [0.25, 0.3) is 0 Å². The highest BCUT2D eigenvalue weighted by Gasteiger charge is 2.58. The number of esters is 1. The lowest BCUT2D eigenvalue weighted by molar-refractivity contribution is -0.157. The lowest BCUT2D eigenvalue weighted by Gasteiger charge is -2.56. The Labute approximate surface area is 196 Å². The van der Waals surface area contributed by atoms with Gasteiger partial charge in [0.1, 0.15) is 6.10 Å². The summed E-state index contributed by atoms with van der Waals surface area (Å²) >= 11 is 0. The van der Waals surface area contributed by atoms with Crippen LogP contribution in [-0.2, 0) is 9.53 Å². The number of rotatable bonds is 6. The fourth-order valence-electron chi connectivity index (χ4n) is 8.86. The molecule has 0 bridgehead atoms. The molecule has 4 aliphatic rings. The maximum atomic E-state index is 12.0. The molecule has 0 unspecified atom stereocenters. The molecule has 3 saturated carbocycles. The Hall–Kier alpha value is -0.830. The zero-order chi connectivity index (χ0) is 23.3. The summed E-state index contributed by atoms with van der Waals surface area (Å²) in [5.41, 5.74) is 3.51. The fourth-order valence-corrected chi connectivity index (χ4v) is 8.86. The first kappa shape index (κ1) is 24.3. The van der Waals surface area contributed by atoms with Crippen LogP contribution in [0.1, 0.15) is 112 Å². The van der Waals surface area contributed by atoms with E-state index in [0.717, 1.165) is 49.4 Å². The zero-order valence-corrected chi connectivity index (χ0v) is 21.6. The van der Waals surface area contributed by atoms with Crippen LogP contribution >= 0.6 is 0 Å². The lowest BCUT2D eigenvalue weighted by Crippen LogP contribution is -2.51. The molecular weight excluding hydrogens is 396 g/mol. The van der Waals surface area contributed by atoms with Crippen LogP contribution in [0.5, 0.6) is 0 Å². The molecule has 0 amide bonds. The van der Waals surface area contributed by atoms with Crippen LogP contribution in [0.15, 0.2) is 11.1 Å². The summed E-state index contributed by atoms with van der Waals surface area (Å²) in [6.07, 6.45) is 12.6. The van der Waals surface area contributed by atoms with Crippen LogP contribution in [0.2, 0.25) is 0 Å². The Kier molecular flexibility index (Phi) is 6.90. The van der Waals surface area contributed by atoms with E-state index in [4.69, 9.17) is 4.74 Å². The smallest absolute Gasteiger partial charge is 0.302 e. The minimum atomic E-state index is -0.268. The number of aliphatic hydroxyl groups is 1. The molecule has 3 fully saturated rings. The summed E-state index contributed by atoms with van der Waals surface area (Å²) in [5.74, 6) is 3.58. The quantitative estimate of drug-likeness (QED) is 0.352. The molecule has 0 heterocycles. The van der Waals surface area contributed by atoms with E-state index in [1.54, 1.807) is 18.1 Å². The van der Waals surface area contributed by atoms with E-state index in [2.05, 4.69) is 34.6 Å². The van der Waals surface area contributed by atoms with Gasteiger partial charge in [0, 0.05) is 12.3 Å². The van der Waals surface area contributed by atoms with Crippen LogP contribution in [0, 0.1) is 40.4 Å². The second kappa shape index (κ2) is 9.08. The molecular formula is C29H48O3. The van der Waals surface area contributed by atoms with Gasteiger partial charge >= 0.3 is 5.97 Å². The molecule has 0 aliphatic heterocycles. The van der Waals surface area contributed by atoms with E-state index in [1.165, 1.54) is 44.9 Å². The molecule has 4 rings (SSSR count). The van der Waals surface area contributed by atoms with Gasteiger partial charge in [0.25, 0.3) is 0 Å². The highest BCUT2D eigenvalue weighted by Crippen LogP contribution is 2.66. The first-order valence-corrected chi connectivity index (χ1v) is 13.6. The van der Waals surface area contributed by atoms with Crippen molar-refractivity contribution in [2.24, 2.45) is 40.4 Å². The maximum Gasteiger partial charge on any atom is 0.302 e. The molecule has 0 saturated heterocycles. The topological polar surface area (TPSA) is 46.5 Å². The van der Waals surface area contributed by atoms with Crippen molar-refractivity contribution in [3.63, 3.8) is 0 Å². The highest BCUT2D eigenvalue weighted by atomic mass is 16.5. The number of hydrogen-bond acceptors (Lipinski definition) is 3. The van der Waals surface area contributed by atoms with Crippen molar-refractivity contribution in [1.29, 1.82) is 0 Å². The number of fused-ring (bicyclic) bond motifs is 4. The summed E-state index contributed by atoms with van der Waals surface area (Å²) in [5, 5.41) is 10.5. The lowest BCUT2D eigenvalue weighted by atomic mass is 9.50. The Morgan fingerprint density at radius 3 is 2.56 bits per heavy atom. The van der Waals surface area contributed by atoms with Crippen molar-refractivity contribution in [3.8, 4) is 0 Å². The molecule has 4 aliphatic carbocycles. The predicted octanol–water partition coefficient (Wildman–Crippen LogP) is 7.07. The van der Waals surface area contributed by atoms with Gasteiger partial charge in [-0.2, -0.15) is 0 Å². The van der Waals surface area contributed by atoms with Gasteiger partial charge in [-0.3, -0.25) is 4.79 Å². The van der Waals surface area contributed by atoms with E-state index >= 15 is 0 Å². The third-order valence-electron chi connectivity index (χ3n) is 10.4. The number of carbonyl (C=O) groups is 1. The van der Waals surface area contributed by atoms with E-state index in [1.807, 2.05) is 0 Å². The normalized spacial score (nSPS) is 42.3. The van der Waals surface area contributed by atoms with E-state index in [9.17, 15) is 9.90 Å². The summed E-state index contributed by atoms with van der Waals surface area (Å²) < 4.78 is 6.01. The van der Waals surface area contributed by atoms with Crippen LogP contribution in [0.4, 0.5) is 0 Å². The third kappa shape index (κ3) is 4.21. The number of hydrogen-bond donors (Lipinski definition) is 1. The van der Waals surface area contributed by atoms with Crippen molar-refractivity contribution in [3.05, 3.63) is 11.1 Å². The monoisotopic (exact) mass is 444 g/mol. The highest BCUT2D eigenvalue weighted by molar-refractivity contribution is 5.66. The van der Waals surface area contributed by atoms with Crippen molar-refractivity contribution >= 4 is 5.97 Å². The number of aliphatic hydroxyl groups excluding tert-OH is 1. The SMILES string of the molecule is CC(=O)O[C@@H]1C[C@@H]2C(=C3CC[C@H](O)C[C@@]31C)CC[C@@]1(C)[C@@H]2CC[C@H]1[C@H](C)CCCC(C)C.